The zero-order valence-corrected chi connectivity index (χ0v) is 12.4. The minimum atomic E-state index is -1.18. The van der Waals surface area contributed by atoms with E-state index < -0.39 is 17.4 Å². The van der Waals surface area contributed by atoms with Crippen LogP contribution in [-0.2, 0) is 5.60 Å². The number of benzene rings is 1. The average molecular weight is 305 g/mol. The van der Waals surface area contributed by atoms with Crippen molar-refractivity contribution >= 4 is 5.97 Å². The lowest BCUT2D eigenvalue weighted by Crippen LogP contribution is -2.15. The van der Waals surface area contributed by atoms with Gasteiger partial charge in [0.25, 0.3) is 0 Å². The Hall–Kier alpha value is -2.47. The van der Waals surface area contributed by atoms with Gasteiger partial charge in [0, 0.05) is 17.3 Å². The fraction of sp³-hybridized carbons (Fsp3) is 0.250. The molecule has 116 valence electrons. The van der Waals surface area contributed by atoms with Gasteiger partial charge in [0.1, 0.15) is 5.82 Å². The van der Waals surface area contributed by atoms with Gasteiger partial charge in [-0.1, -0.05) is 12.1 Å². The number of carboxylic acids is 1. The summed E-state index contributed by atoms with van der Waals surface area (Å²) in [5, 5.41) is 18.9. The lowest BCUT2D eigenvalue weighted by molar-refractivity contribution is 0.0696. The van der Waals surface area contributed by atoms with E-state index in [1.54, 1.807) is 19.9 Å². The third kappa shape index (κ3) is 3.07. The minimum Gasteiger partial charge on any atom is -0.481 e. The van der Waals surface area contributed by atoms with E-state index in [2.05, 4.69) is 4.98 Å². The van der Waals surface area contributed by atoms with Crippen LogP contribution in [0.25, 0.3) is 11.1 Å². The Bertz CT molecular complexity index is 723. The Kier molecular flexibility index (Phi) is 4.14. The maximum Gasteiger partial charge on any atom is 0.337 e. The predicted octanol–water partition coefficient (Wildman–Crippen LogP) is 2.82. The molecule has 0 radical (unpaired) electrons. The number of hydrogen-bond acceptors (Lipinski definition) is 4. The monoisotopic (exact) mass is 305 g/mol. The second kappa shape index (κ2) is 5.73. The molecule has 0 spiro atoms. The smallest absolute Gasteiger partial charge is 0.337 e. The second-order valence-corrected chi connectivity index (χ2v) is 5.34. The van der Waals surface area contributed by atoms with Crippen molar-refractivity contribution in [2.24, 2.45) is 0 Å². The molecule has 2 rings (SSSR count). The molecule has 0 unspecified atom stereocenters. The van der Waals surface area contributed by atoms with Crippen LogP contribution in [-0.4, -0.2) is 28.3 Å². The molecule has 22 heavy (non-hydrogen) atoms. The molecule has 0 aliphatic rings. The summed E-state index contributed by atoms with van der Waals surface area (Å²) in [6.07, 6.45) is 1.15. The molecule has 1 aromatic heterocycles. The van der Waals surface area contributed by atoms with Gasteiger partial charge in [-0.05, 0) is 31.5 Å². The van der Waals surface area contributed by atoms with E-state index in [4.69, 9.17) is 9.84 Å². The Morgan fingerprint density at radius 3 is 2.45 bits per heavy atom. The summed E-state index contributed by atoms with van der Waals surface area (Å²) < 4.78 is 19.4. The highest BCUT2D eigenvalue weighted by Crippen LogP contribution is 2.33. The Balaban J connectivity index is 2.60. The number of halogens is 1. The maximum atomic E-state index is 14.4. The first-order valence-corrected chi connectivity index (χ1v) is 6.54. The Morgan fingerprint density at radius 2 is 1.95 bits per heavy atom. The van der Waals surface area contributed by atoms with E-state index in [1.165, 1.54) is 25.3 Å². The average Bonchev–Trinajstić information content (AvgIpc) is 2.45. The molecular weight excluding hydrogens is 289 g/mol. The first kappa shape index (κ1) is 15.9. The molecule has 2 N–H and O–H groups in total. The van der Waals surface area contributed by atoms with E-state index in [9.17, 15) is 14.3 Å². The number of pyridine rings is 1. The van der Waals surface area contributed by atoms with Crippen LogP contribution in [0.2, 0.25) is 0 Å². The van der Waals surface area contributed by atoms with Gasteiger partial charge in [-0.2, -0.15) is 0 Å². The van der Waals surface area contributed by atoms with Gasteiger partial charge in [0.05, 0.1) is 18.3 Å². The van der Waals surface area contributed by atoms with Crippen molar-refractivity contribution in [1.29, 1.82) is 0 Å². The number of aromatic carboxylic acids is 1. The molecule has 0 aliphatic heterocycles. The van der Waals surface area contributed by atoms with E-state index in [-0.39, 0.29) is 22.6 Å². The summed E-state index contributed by atoms with van der Waals surface area (Å²) in [7, 11) is 1.37. The van der Waals surface area contributed by atoms with Gasteiger partial charge < -0.3 is 14.9 Å². The van der Waals surface area contributed by atoms with Crippen molar-refractivity contribution in [3.05, 3.63) is 47.4 Å². The highest BCUT2D eigenvalue weighted by atomic mass is 19.1. The van der Waals surface area contributed by atoms with Gasteiger partial charge in [-0.15, -0.1) is 0 Å². The number of methoxy groups -OCH3 is 1. The fourth-order valence-corrected chi connectivity index (χ4v) is 2.04. The van der Waals surface area contributed by atoms with Crippen molar-refractivity contribution in [2.75, 3.05) is 7.11 Å². The number of ether oxygens (including phenoxy) is 1. The fourth-order valence-electron chi connectivity index (χ4n) is 2.04. The van der Waals surface area contributed by atoms with E-state index in [1.807, 2.05) is 0 Å². The number of carbonyl (C=O) groups is 1. The summed E-state index contributed by atoms with van der Waals surface area (Å²) in [5.74, 6) is -1.63. The number of rotatable bonds is 4. The SMILES string of the molecule is COc1ncc(C(=O)O)cc1-c1ccc(C(C)(C)O)cc1F. The summed E-state index contributed by atoms with van der Waals surface area (Å²) in [4.78, 5) is 14.9. The lowest BCUT2D eigenvalue weighted by atomic mass is 9.95. The van der Waals surface area contributed by atoms with Crippen LogP contribution in [0, 0.1) is 5.82 Å². The van der Waals surface area contributed by atoms with Crippen molar-refractivity contribution in [1.82, 2.24) is 4.98 Å². The zero-order valence-electron chi connectivity index (χ0n) is 12.4. The molecule has 0 fully saturated rings. The molecule has 1 aromatic carbocycles. The molecule has 0 bridgehead atoms. The van der Waals surface area contributed by atoms with Crippen molar-refractivity contribution < 1.29 is 24.1 Å². The molecule has 5 nitrogen and oxygen atoms in total. The molecule has 0 aliphatic carbocycles. The summed E-state index contributed by atoms with van der Waals surface area (Å²) in [5.41, 5.74) is -0.440. The van der Waals surface area contributed by atoms with E-state index in [0.717, 1.165) is 6.20 Å². The van der Waals surface area contributed by atoms with Crippen molar-refractivity contribution in [3.63, 3.8) is 0 Å². The number of aromatic nitrogens is 1. The third-order valence-corrected chi connectivity index (χ3v) is 3.26. The molecule has 0 saturated carbocycles. The van der Waals surface area contributed by atoms with Crippen LogP contribution in [0.1, 0.15) is 29.8 Å². The Morgan fingerprint density at radius 1 is 1.27 bits per heavy atom. The molecule has 0 atom stereocenters. The normalized spacial score (nSPS) is 11.3. The van der Waals surface area contributed by atoms with Crippen LogP contribution < -0.4 is 4.74 Å². The number of nitrogens with zero attached hydrogens (tertiary/aromatic N) is 1. The zero-order chi connectivity index (χ0) is 16.5. The molecule has 0 saturated heterocycles. The quantitative estimate of drug-likeness (QED) is 0.908. The molecule has 1 heterocycles. The third-order valence-electron chi connectivity index (χ3n) is 3.26. The largest absolute Gasteiger partial charge is 0.481 e. The first-order chi connectivity index (χ1) is 10.2. The number of aliphatic hydroxyl groups is 1. The van der Waals surface area contributed by atoms with Gasteiger partial charge in [0.15, 0.2) is 0 Å². The molecular formula is C16H16FNO4. The number of carboxylic acid groups (broad SMARTS) is 1. The van der Waals surface area contributed by atoms with E-state index >= 15 is 0 Å². The highest BCUT2D eigenvalue weighted by molar-refractivity contribution is 5.89. The second-order valence-electron chi connectivity index (χ2n) is 5.34. The van der Waals surface area contributed by atoms with E-state index in [0.29, 0.717) is 5.56 Å². The van der Waals surface area contributed by atoms with Gasteiger partial charge in [0.2, 0.25) is 5.88 Å². The van der Waals surface area contributed by atoms with Crippen molar-refractivity contribution in [3.8, 4) is 17.0 Å². The summed E-state index contributed by atoms with van der Waals surface area (Å²) in [6.45, 7) is 3.10. The Labute approximate surface area is 127 Å². The van der Waals surface area contributed by atoms with Crippen LogP contribution in [0.3, 0.4) is 0 Å². The highest BCUT2D eigenvalue weighted by Gasteiger charge is 2.20. The molecule has 0 amide bonds. The lowest BCUT2D eigenvalue weighted by Gasteiger charge is -2.19. The molecule has 2 aromatic rings. The van der Waals surface area contributed by atoms with Crippen LogP contribution in [0.15, 0.2) is 30.5 Å². The summed E-state index contributed by atoms with van der Waals surface area (Å²) >= 11 is 0. The summed E-state index contributed by atoms with van der Waals surface area (Å²) in [6, 6.07) is 5.55. The van der Waals surface area contributed by atoms with Crippen LogP contribution >= 0.6 is 0 Å². The first-order valence-electron chi connectivity index (χ1n) is 6.54. The van der Waals surface area contributed by atoms with Gasteiger partial charge >= 0.3 is 5.97 Å². The van der Waals surface area contributed by atoms with Gasteiger partial charge in [-0.25, -0.2) is 14.2 Å². The minimum absolute atomic E-state index is 0.0678. The standard InChI is InChI=1S/C16H16FNO4/c1-16(2,21)10-4-5-11(13(17)7-10)12-6-9(15(19)20)8-18-14(12)22-3/h4-8,21H,1-3H3,(H,19,20). The van der Waals surface area contributed by atoms with Crippen molar-refractivity contribution in [2.45, 2.75) is 19.4 Å². The number of hydrogen-bond donors (Lipinski definition) is 2. The molecule has 6 heteroatoms. The topological polar surface area (TPSA) is 79.7 Å². The van der Waals surface area contributed by atoms with Crippen LogP contribution in [0.4, 0.5) is 4.39 Å². The van der Waals surface area contributed by atoms with Gasteiger partial charge in [-0.3, -0.25) is 0 Å². The maximum absolute atomic E-state index is 14.4. The van der Waals surface area contributed by atoms with Crippen LogP contribution in [0.5, 0.6) is 5.88 Å². The predicted molar refractivity (Wildman–Crippen MR) is 78.4 cm³/mol.